The molecule has 0 aliphatic carbocycles. The van der Waals surface area contributed by atoms with Gasteiger partial charge in [-0.15, -0.1) is 0 Å². The Bertz CT molecular complexity index is 486. The maximum absolute atomic E-state index is 13.9. The van der Waals surface area contributed by atoms with Crippen LogP contribution in [0.4, 0.5) is 4.39 Å². The highest BCUT2D eigenvalue weighted by atomic mass is 19.1. The van der Waals surface area contributed by atoms with E-state index in [4.69, 9.17) is 4.74 Å². The van der Waals surface area contributed by atoms with E-state index >= 15 is 0 Å². The van der Waals surface area contributed by atoms with Crippen molar-refractivity contribution < 1.29 is 18.7 Å². The molecule has 5 heteroatoms. The largest absolute Gasteiger partial charge is 0.465 e. The van der Waals surface area contributed by atoms with Crippen LogP contribution in [0.5, 0.6) is 0 Å². The molecule has 1 saturated heterocycles. The zero-order chi connectivity index (χ0) is 15.2. The van der Waals surface area contributed by atoms with Gasteiger partial charge in [-0.25, -0.2) is 9.18 Å². The fourth-order valence-corrected chi connectivity index (χ4v) is 2.70. The van der Waals surface area contributed by atoms with Gasteiger partial charge < -0.3 is 14.4 Å². The number of benzene rings is 1. The molecule has 1 aromatic rings. The molecule has 0 N–H and O–H groups in total. The number of rotatable bonds is 5. The second-order valence-electron chi connectivity index (χ2n) is 5.59. The Kier molecular flexibility index (Phi) is 5.70. The number of ether oxygens (including phenoxy) is 2. The first-order valence-electron chi connectivity index (χ1n) is 7.23. The molecule has 1 aliphatic heterocycles. The van der Waals surface area contributed by atoms with Crippen LogP contribution in [0.3, 0.4) is 0 Å². The second kappa shape index (κ2) is 7.52. The van der Waals surface area contributed by atoms with Crippen molar-refractivity contribution in [1.29, 1.82) is 0 Å². The van der Waals surface area contributed by atoms with Crippen molar-refractivity contribution in [2.45, 2.75) is 19.4 Å². The molecule has 116 valence electrons. The number of nitrogens with zero attached hydrogens (tertiary/aromatic N) is 1. The van der Waals surface area contributed by atoms with E-state index in [9.17, 15) is 9.18 Å². The normalized spacial score (nSPS) is 18.8. The third-order valence-electron chi connectivity index (χ3n) is 3.72. The van der Waals surface area contributed by atoms with Crippen LogP contribution in [0.15, 0.2) is 18.2 Å². The number of hydrogen-bond donors (Lipinski definition) is 0. The molecule has 1 heterocycles. The second-order valence-corrected chi connectivity index (χ2v) is 5.59. The topological polar surface area (TPSA) is 38.8 Å². The van der Waals surface area contributed by atoms with Crippen LogP contribution in [0.2, 0.25) is 0 Å². The Balaban J connectivity index is 1.92. The third kappa shape index (κ3) is 4.51. The van der Waals surface area contributed by atoms with Gasteiger partial charge in [0.05, 0.1) is 19.3 Å². The SMILES string of the molecule is COC(=O)c1ccc(CN(C)CC2CCCOC2)cc1F. The van der Waals surface area contributed by atoms with E-state index in [2.05, 4.69) is 9.64 Å². The number of carbonyl (C=O) groups excluding carboxylic acids is 1. The van der Waals surface area contributed by atoms with Crippen molar-refractivity contribution in [2.75, 3.05) is 33.9 Å². The molecule has 21 heavy (non-hydrogen) atoms. The van der Waals surface area contributed by atoms with Crippen LogP contribution >= 0.6 is 0 Å². The lowest BCUT2D eigenvalue weighted by molar-refractivity contribution is 0.0411. The number of esters is 1. The first-order valence-corrected chi connectivity index (χ1v) is 7.23. The fraction of sp³-hybridized carbons (Fsp3) is 0.562. The van der Waals surface area contributed by atoms with Crippen LogP contribution < -0.4 is 0 Å². The highest BCUT2D eigenvalue weighted by Crippen LogP contribution is 2.17. The summed E-state index contributed by atoms with van der Waals surface area (Å²) in [5, 5.41) is 0. The van der Waals surface area contributed by atoms with Crippen LogP contribution in [-0.4, -0.2) is 44.8 Å². The van der Waals surface area contributed by atoms with E-state index in [1.54, 1.807) is 6.07 Å². The number of carbonyl (C=O) groups is 1. The number of halogens is 1. The summed E-state index contributed by atoms with van der Waals surface area (Å²) in [6.45, 7) is 3.25. The monoisotopic (exact) mass is 295 g/mol. The van der Waals surface area contributed by atoms with Crippen LogP contribution in [0.25, 0.3) is 0 Å². The lowest BCUT2D eigenvalue weighted by Gasteiger charge is -2.27. The molecule has 1 aliphatic rings. The highest BCUT2D eigenvalue weighted by molar-refractivity contribution is 5.89. The van der Waals surface area contributed by atoms with Crippen molar-refractivity contribution in [1.82, 2.24) is 4.90 Å². The Morgan fingerprint density at radius 3 is 2.95 bits per heavy atom. The minimum atomic E-state index is -0.647. The molecule has 0 radical (unpaired) electrons. The van der Waals surface area contributed by atoms with Gasteiger partial charge in [0.2, 0.25) is 0 Å². The van der Waals surface area contributed by atoms with Crippen molar-refractivity contribution in [3.63, 3.8) is 0 Å². The standard InChI is InChI=1S/C16H22FNO3/c1-18(10-13-4-3-7-21-11-13)9-12-5-6-14(15(17)8-12)16(19)20-2/h5-6,8,13H,3-4,7,9-11H2,1-2H3. The van der Waals surface area contributed by atoms with Gasteiger partial charge in [0.15, 0.2) is 0 Å². The summed E-state index contributed by atoms with van der Waals surface area (Å²) in [6.07, 6.45) is 2.29. The molecule has 0 spiro atoms. The van der Waals surface area contributed by atoms with Crippen LogP contribution in [0.1, 0.15) is 28.8 Å². The Morgan fingerprint density at radius 1 is 1.52 bits per heavy atom. The Labute approximate surface area is 124 Å². The lowest BCUT2D eigenvalue weighted by atomic mass is 10.0. The highest BCUT2D eigenvalue weighted by Gasteiger charge is 2.17. The average Bonchev–Trinajstić information content (AvgIpc) is 2.47. The van der Waals surface area contributed by atoms with E-state index in [0.717, 1.165) is 31.7 Å². The summed E-state index contributed by atoms with van der Waals surface area (Å²) < 4.78 is 23.9. The molecule has 0 saturated carbocycles. The molecule has 1 atom stereocenters. The predicted molar refractivity (Wildman–Crippen MR) is 77.6 cm³/mol. The molecule has 1 fully saturated rings. The zero-order valence-corrected chi connectivity index (χ0v) is 12.6. The van der Waals surface area contributed by atoms with Crippen LogP contribution in [-0.2, 0) is 16.0 Å². The van der Waals surface area contributed by atoms with E-state index in [-0.39, 0.29) is 5.56 Å². The van der Waals surface area contributed by atoms with Gasteiger partial charge in [-0.3, -0.25) is 0 Å². The first kappa shape index (κ1) is 15.9. The number of methoxy groups -OCH3 is 1. The van der Waals surface area contributed by atoms with Gasteiger partial charge in [0.1, 0.15) is 5.82 Å². The van der Waals surface area contributed by atoms with E-state index in [1.807, 2.05) is 7.05 Å². The third-order valence-corrected chi connectivity index (χ3v) is 3.72. The lowest BCUT2D eigenvalue weighted by Crippen LogP contribution is -2.30. The van der Waals surface area contributed by atoms with Gasteiger partial charge in [-0.05, 0) is 43.5 Å². The van der Waals surface area contributed by atoms with Crippen molar-refractivity contribution >= 4 is 5.97 Å². The van der Waals surface area contributed by atoms with Gasteiger partial charge >= 0.3 is 5.97 Å². The van der Waals surface area contributed by atoms with Crippen molar-refractivity contribution in [3.8, 4) is 0 Å². The van der Waals surface area contributed by atoms with Crippen molar-refractivity contribution in [3.05, 3.63) is 35.1 Å². The van der Waals surface area contributed by atoms with Crippen LogP contribution in [0, 0.1) is 11.7 Å². The molecule has 2 rings (SSSR count). The molecule has 0 aromatic heterocycles. The average molecular weight is 295 g/mol. The summed E-state index contributed by atoms with van der Waals surface area (Å²) in [5.41, 5.74) is 0.823. The smallest absolute Gasteiger partial charge is 0.340 e. The molecule has 1 unspecified atom stereocenters. The Hall–Kier alpha value is -1.46. The summed E-state index contributed by atoms with van der Waals surface area (Å²) in [6, 6.07) is 4.65. The number of hydrogen-bond acceptors (Lipinski definition) is 4. The van der Waals surface area contributed by atoms with Gasteiger partial charge in [0.25, 0.3) is 0 Å². The molecule has 0 amide bonds. The minimum absolute atomic E-state index is 0.0235. The fourth-order valence-electron chi connectivity index (χ4n) is 2.70. The van der Waals surface area contributed by atoms with Gasteiger partial charge in [-0.2, -0.15) is 0 Å². The summed E-state index contributed by atoms with van der Waals surface area (Å²) >= 11 is 0. The molecule has 4 nitrogen and oxygen atoms in total. The molecular formula is C16H22FNO3. The Morgan fingerprint density at radius 2 is 2.33 bits per heavy atom. The first-order chi connectivity index (χ1) is 10.1. The van der Waals surface area contributed by atoms with E-state index in [1.165, 1.54) is 25.7 Å². The predicted octanol–water partition coefficient (Wildman–Crippen LogP) is 2.47. The van der Waals surface area contributed by atoms with E-state index < -0.39 is 11.8 Å². The summed E-state index contributed by atoms with van der Waals surface area (Å²) in [7, 11) is 3.26. The molecular weight excluding hydrogens is 273 g/mol. The maximum Gasteiger partial charge on any atom is 0.340 e. The molecule has 0 bridgehead atoms. The quantitative estimate of drug-likeness (QED) is 0.782. The maximum atomic E-state index is 13.9. The minimum Gasteiger partial charge on any atom is -0.465 e. The van der Waals surface area contributed by atoms with Crippen molar-refractivity contribution in [2.24, 2.45) is 5.92 Å². The van der Waals surface area contributed by atoms with Gasteiger partial charge in [-0.1, -0.05) is 6.07 Å². The summed E-state index contributed by atoms with van der Waals surface area (Å²) in [5.74, 6) is -0.636. The summed E-state index contributed by atoms with van der Waals surface area (Å²) in [4.78, 5) is 13.5. The molecule has 1 aromatic carbocycles. The van der Waals surface area contributed by atoms with Gasteiger partial charge in [0, 0.05) is 19.7 Å². The van der Waals surface area contributed by atoms with E-state index in [0.29, 0.717) is 12.5 Å². The zero-order valence-electron chi connectivity index (χ0n) is 12.6.